The summed E-state index contributed by atoms with van der Waals surface area (Å²) in [5.41, 5.74) is 5.18. The van der Waals surface area contributed by atoms with Gasteiger partial charge in [-0.15, -0.1) is 0 Å². The standard InChI is InChI=1S/C20H25NO3/c1-14-9-15(5-6-18(14)22-2)12-21-8-7-16-10-19(23-3)20(24-4)11-17(16)13-21/h5-6,9-11H,7-8,12-13H2,1-4H3. The summed E-state index contributed by atoms with van der Waals surface area (Å²) in [6.45, 7) is 5.01. The van der Waals surface area contributed by atoms with E-state index in [1.807, 2.05) is 0 Å². The third kappa shape index (κ3) is 3.34. The van der Waals surface area contributed by atoms with Gasteiger partial charge in [0.15, 0.2) is 11.5 Å². The van der Waals surface area contributed by atoms with E-state index in [0.29, 0.717) is 0 Å². The van der Waals surface area contributed by atoms with Crippen LogP contribution >= 0.6 is 0 Å². The summed E-state index contributed by atoms with van der Waals surface area (Å²) in [5, 5.41) is 0. The molecular formula is C20H25NO3. The lowest BCUT2D eigenvalue weighted by Crippen LogP contribution is -2.30. The molecule has 0 radical (unpaired) electrons. The molecule has 24 heavy (non-hydrogen) atoms. The molecule has 0 bridgehead atoms. The lowest BCUT2D eigenvalue weighted by Gasteiger charge is -2.29. The van der Waals surface area contributed by atoms with Gasteiger partial charge in [0.25, 0.3) is 0 Å². The number of hydrogen-bond donors (Lipinski definition) is 0. The van der Waals surface area contributed by atoms with Crippen molar-refractivity contribution in [3.05, 3.63) is 52.6 Å². The molecule has 4 heteroatoms. The Bertz CT molecular complexity index is 727. The highest BCUT2D eigenvalue weighted by Crippen LogP contribution is 2.33. The Hall–Kier alpha value is -2.20. The van der Waals surface area contributed by atoms with Gasteiger partial charge in [0.1, 0.15) is 5.75 Å². The third-order valence-electron chi connectivity index (χ3n) is 4.66. The average Bonchev–Trinajstić information content (AvgIpc) is 2.60. The van der Waals surface area contributed by atoms with Gasteiger partial charge in [-0.3, -0.25) is 4.90 Å². The predicted molar refractivity (Wildman–Crippen MR) is 95.1 cm³/mol. The largest absolute Gasteiger partial charge is 0.496 e. The first-order valence-corrected chi connectivity index (χ1v) is 8.24. The molecule has 0 saturated heterocycles. The highest BCUT2D eigenvalue weighted by atomic mass is 16.5. The SMILES string of the molecule is COc1ccc(CN2CCc3cc(OC)c(OC)cc3C2)cc1C. The molecule has 128 valence electrons. The summed E-state index contributed by atoms with van der Waals surface area (Å²) in [7, 11) is 5.08. The smallest absolute Gasteiger partial charge is 0.161 e. The fourth-order valence-electron chi connectivity index (χ4n) is 3.37. The minimum absolute atomic E-state index is 0.804. The molecule has 2 aromatic carbocycles. The van der Waals surface area contributed by atoms with Crippen LogP contribution in [0, 0.1) is 6.92 Å². The molecule has 0 unspecified atom stereocenters. The second-order valence-corrected chi connectivity index (χ2v) is 6.24. The quantitative estimate of drug-likeness (QED) is 0.840. The molecule has 0 N–H and O–H groups in total. The topological polar surface area (TPSA) is 30.9 Å². The second kappa shape index (κ2) is 7.14. The molecule has 0 fully saturated rings. The van der Waals surface area contributed by atoms with Crippen LogP contribution < -0.4 is 14.2 Å². The Labute approximate surface area is 144 Å². The van der Waals surface area contributed by atoms with Crippen LogP contribution in [0.3, 0.4) is 0 Å². The molecule has 4 nitrogen and oxygen atoms in total. The maximum Gasteiger partial charge on any atom is 0.161 e. The van der Waals surface area contributed by atoms with Crippen molar-refractivity contribution < 1.29 is 14.2 Å². The van der Waals surface area contributed by atoms with Crippen molar-refractivity contribution >= 4 is 0 Å². The van der Waals surface area contributed by atoms with E-state index in [1.165, 1.54) is 22.3 Å². The minimum Gasteiger partial charge on any atom is -0.496 e. The highest BCUT2D eigenvalue weighted by Gasteiger charge is 2.19. The number of benzene rings is 2. The average molecular weight is 327 g/mol. The van der Waals surface area contributed by atoms with E-state index < -0.39 is 0 Å². The Morgan fingerprint density at radius 2 is 1.54 bits per heavy atom. The lowest BCUT2D eigenvalue weighted by atomic mass is 9.98. The van der Waals surface area contributed by atoms with E-state index in [0.717, 1.165) is 43.3 Å². The number of aryl methyl sites for hydroxylation is 1. The van der Waals surface area contributed by atoms with Gasteiger partial charge in [-0.25, -0.2) is 0 Å². The van der Waals surface area contributed by atoms with Crippen LogP contribution in [0.2, 0.25) is 0 Å². The molecule has 1 heterocycles. The van der Waals surface area contributed by atoms with Crippen molar-refractivity contribution in [3.8, 4) is 17.2 Å². The Kier molecular flexibility index (Phi) is 4.95. The van der Waals surface area contributed by atoms with Crippen LogP contribution in [-0.4, -0.2) is 32.8 Å². The summed E-state index contributed by atoms with van der Waals surface area (Å²) in [6, 6.07) is 10.6. The number of nitrogens with zero attached hydrogens (tertiary/aromatic N) is 1. The normalized spacial score (nSPS) is 14.2. The predicted octanol–water partition coefficient (Wildman–Crippen LogP) is 3.58. The number of rotatable bonds is 5. The van der Waals surface area contributed by atoms with Crippen LogP contribution in [0.25, 0.3) is 0 Å². The van der Waals surface area contributed by atoms with Crippen molar-refractivity contribution in [1.82, 2.24) is 4.90 Å². The van der Waals surface area contributed by atoms with Crippen LogP contribution in [0.1, 0.15) is 22.3 Å². The molecule has 2 aromatic rings. The summed E-state index contributed by atoms with van der Waals surface area (Å²) in [6.07, 6.45) is 1.03. The molecule has 1 aliphatic rings. The van der Waals surface area contributed by atoms with Gasteiger partial charge in [-0.1, -0.05) is 12.1 Å². The van der Waals surface area contributed by atoms with Gasteiger partial charge < -0.3 is 14.2 Å². The molecule has 1 aliphatic heterocycles. The van der Waals surface area contributed by atoms with Gasteiger partial charge in [0, 0.05) is 19.6 Å². The number of hydrogen-bond acceptors (Lipinski definition) is 4. The van der Waals surface area contributed by atoms with Gasteiger partial charge >= 0.3 is 0 Å². The number of fused-ring (bicyclic) bond motifs is 1. The Morgan fingerprint density at radius 3 is 2.17 bits per heavy atom. The lowest BCUT2D eigenvalue weighted by molar-refractivity contribution is 0.244. The maximum atomic E-state index is 5.44. The number of methoxy groups -OCH3 is 3. The second-order valence-electron chi connectivity index (χ2n) is 6.24. The van der Waals surface area contributed by atoms with E-state index in [9.17, 15) is 0 Å². The first-order valence-electron chi connectivity index (χ1n) is 8.24. The van der Waals surface area contributed by atoms with E-state index in [4.69, 9.17) is 14.2 Å². The van der Waals surface area contributed by atoms with E-state index in [-0.39, 0.29) is 0 Å². The van der Waals surface area contributed by atoms with Crippen LogP contribution in [0.4, 0.5) is 0 Å². The van der Waals surface area contributed by atoms with Crippen molar-refractivity contribution in [3.63, 3.8) is 0 Å². The fourth-order valence-corrected chi connectivity index (χ4v) is 3.37. The molecule has 0 aromatic heterocycles. The van der Waals surface area contributed by atoms with Gasteiger partial charge in [0.2, 0.25) is 0 Å². The summed E-state index contributed by atoms with van der Waals surface area (Å²) in [4.78, 5) is 2.47. The van der Waals surface area contributed by atoms with Crippen molar-refractivity contribution in [2.45, 2.75) is 26.4 Å². The first-order chi connectivity index (χ1) is 11.6. The minimum atomic E-state index is 0.804. The van der Waals surface area contributed by atoms with Gasteiger partial charge in [-0.05, 0) is 53.8 Å². The number of ether oxygens (including phenoxy) is 3. The fraction of sp³-hybridized carbons (Fsp3) is 0.400. The van der Waals surface area contributed by atoms with Crippen molar-refractivity contribution in [2.75, 3.05) is 27.9 Å². The highest BCUT2D eigenvalue weighted by molar-refractivity contribution is 5.48. The Morgan fingerprint density at radius 1 is 0.875 bits per heavy atom. The molecule has 0 aliphatic carbocycles. The monoisotopic (exact) mass is 327 g/mol. The van der Waals surface area contributed by atoms with Crippen molar-refractivity contribution in [2.24, 2.45) is 0 Å². The van der Waals surface area contributed by atoms with Crippen LogP contribution in [-0.2, 0) is 19.5 Å². The molecular weight excluding hydrogens is 302 g/mol. The first kappa shape index (κ1) is 16.7. The van der Waals surface area contributed by atoms with E-state index in [2.05, 4.69) is 42.2 Å². The van der Waals surface area contributed by atoms with Crippen molar-refractivity contribution in [1.29, 1.82) is 0 Å². The summed E-state index contributed by atoms with van der Waals surface area (Å²) < 4.78 is 16.2. The zero-order chi connectivity index (χ0) is 17.1. The van der Waals surface area contributed by atoms with E-state index >= 15 is 0 Å². The summed E-state index contributed by atoms with van der Waals surface area (Å²) >= 11 is 0. The Balaban J connectivity index is 1.76. The van der Waals surface area contributed by atoms with E-state index in [1.54, 1.807) is 21.3 Å². The summed E-state index contributed by atoms with van der Waals surface area (Å²) in [5.74, 6) is 2.56. The molecule has 0 saturated carbocycles. The third-order valence-corrected chi connectivity index (χ3v) is 4.66. The van der Waals surface area contributed by atoms with Gasteiger partial charge in [-0.2, -0.15) is 0 Å². The van der Waals surface area contributed by atoms with Crippen LogP contribution in [0.15, 0.2) is 30.3 Å². The zero-order valence-corrected chi connectivity index (χ0v) is 14.9. The molecule has 0 amide bonds. The molecule has 0 atom stereocenters. The van der Waals surface area contributed by atoms with Gasteiger partial charge in [0.05, 0.1) is 21.3 Å². The molecule has 0 spiro atoms. The van der Waals surface area contributed by atoms with Crippen LogP contribution in [0.5, 0.6) is 17.2 Å². The zero-order valence-electron chi connectivity index (χ0n) is 14.9. The molecule has 3 rings (SSSR count). The maximum absolute atomic E-state index is 5.44.